The molecule has 7 nitrogen and oxygen atoms in total. The Labute approximate surface area is 127 Å². The standard InChI is InChI=1S/C15H13N7/c16-6-10-13-15(21-12(8-18)11(7-17)20-13)22(14(10)19)9-4-2-1-3-5-9/h9H,1-5,19H2. The van der Waals surface area contributed by atoms with Gasteiger partial charge in [-0.2, -0.15) is 15.8 Å². The fraction of sp³-hybridized carbons (Fsp3) is 0.400. The molecule has 3 rings (SSSR count). The number of hydrogen-bond acceptors (Lipinski definition) is 6. The molecule has 0 radical (unpaired) electrons. The molecular formula is C15H13N7. The third-order valence-corrected chi connectivity index (χ3v) is 4.12. The third-order valence-electron chi connectivity index (χ3n) is 4.12. The van der Waals surface area contributed by atoms with Crippen molar-refractivity contribution in [3.05, 3.63) is 17.0 Å². The fourth-order valence-electron chi connectivity index (χ4n) is 3.09. The first-order valence-electron chi connectivity index (χ1n) is 7.13. The van der Waals surface area contributed by atoms with Gasteiger partial charge in [0.15, 0.2) is 17.0 Å². The topological polar surface area (TPSA) is 128 Å². The van der Waals surface area contributed by atoms with Crippen molar-refractivity contribution in [1.29, 1.82) is 15.8 Å². The van der Waals surface area contributed by atoms with E-state index in [-0.39, 0.29) is 23.0 Å². The van der Waals surface area contributed by atoms with Crippen molar-refractivity contribution in [2.24, 2.45) is 0 Å². The van der Waals surface area contributed by atoms with Gasteiger partial charge in [0.25, 0.3) is 0 Å². The van der Waals surface area contributed by atoms with E-state index in [9.17, 15) is 5.26 Å². The second kappa shape index (κ2) is 5.35. The number of fused-ring (bicyclic) bond motifs is 1. The summed E-state index contributed by atoms with van der Waals surface area (Å²) in [5.41, 5.74) is 6.99. The SMILES string of the molecule is N#Cc1nc2c(C#N)c(N)n(C3CCCCC3)c2nc1C#N. The van der Waals surface area contributed by atoms with Crippen LogP contribution in [0.4, 0.5) is 5.82 Å². The van der Waals surface area contributed by atoms with Crippen LogP contribution in [0.3, 0.4) is 0 Å². The molecule has 0 atom stereocenters. The first-order valence-corrected chi connectivity index (χ1v) is 7.13. The first-order chi connectivity index (χ1) is 10.7. The second-order valence-electron chi connectivity index (χ2n) is 5.35. The van der Waals surface area contributed by atoms with Crippen molar-refractivity contribution >= 4 is 17.0 Å². The lowest BCUT2D eigenvalue weighted by Gasteiger charge is -2.24. The predicted octanol–water partition coefficient (Wildman–Crippen LogP) is 2.13. The Morgan fingerprint density at radius 2 is 1.59 bits per heavy atom. The Morgan fingerprint density at radius 3 is 2.18 bits per heavy atom. The van der Waals surface area contributed by atoms with Gasteiger partial charge in [0.2, 0.25) is 0 Å². The number of rotatable bonds is 1. The van der Waals surface area contributed by atoms with Gasteiger partial charge >= 0.3 is 0 Å². The molecule has 2 aromatic rings. The van der Waals surface area contributed by atoms with Crippen molar-refractivity contribution in [2.75, 3.05) is 5.73 Å². The lowest BCUT2D eigenvalue weighted by molar-refractivity contribution is 0.362. The Hall–Kier alpha value is -3.11. The minimum atomic E-state index is -0.0766. The third kappa shape index (κ3) is 1.94. The number of aromatic nitrogens is 3. The summed E-state index contributed by atoms with van der Waals surface area (Å²) in [6, 6.07) is 5.93. The lowest BCUT2D eigenvalue weighted by Crippen LogP contribution is -2.15. The van der Waals surface area contributed by atoms with Gasteiger partial charge in [-0.3, -0.25) is 0 Å². The number of nitrogen functional groups attached to an aromatic ring is 1. The molecule has 0 aliphatic heterocycles. The van der Waals surface area contributed by atoms with Crippen LogP contribution in [0.1, 0.15) is 55.1 Å². The van der Waals surface area contributed by atoms with Crippen LogP contribution in [0.15, 0.2) is 0 Å². The Kier molecular flexibility index (Phi) is 3.37. The Bertz CT molecular complexity index is 867. The molecule has 0 saturated heterocycles. The molecule has 1 aliphatic rings. The average Bonchev–Trinajstić information content (AvgIpc) is 2.84. The molecule has 0 amide bonds. The minimum absolute atomic E-state index is 0.0333. The molecule has 0 aromatic carbocycles. The van der Waals surface area contributed by atoms with E-state index < -0.39 is 0 Å². The maximum atomic E-state index is 9.36. The molecule has 0 bridgehead atoms. The van der Waals surface area contributed by atoms with Crippen molar-refractivity contribution in [2.45, 2.75) is 38.1 Å². The van der Waals surface area contributed by atoms with Gasteiger partial charge in [0.1, 0.15) is 35.1 Å². The van der Waals surface area contributed by atoms with E-state index in [4.69, 9.17) is 16.3 Å². The molecule has 22 heavy (non-hydrogen) atoms. The highest BCUT2D eigenvalue weighted by Gasteiger charge is 2.26. The monoisotopic (exact) mass is 291 g/mol. The van der Waals surface area contributed by atoms with Gasteiger partial charge in [0, 0.05) is 6.04 Å². The zero-order chi connectivity index (χ0) is 15.7. The van der Waals surface area contributed by atoms with Crippen LogP contribution >= 0.6 is 0 Å². The number of nitriles is 3. The maximum absolute atomic E-state index is 9.36. The van der Waals surface area contributed by atoms with E-state index in [1.807, 2.05) is 22.8 Å². The fourth-order valence-corrected chi connectivity index (χ4v) is 3.09. The first kappa shape index (κ1) is 13.9. The second-order valence-corrected chi connectivity index (χ2v) is 5.35. The van der Waals surface area contributed by atoms with Gasteiger partial charge in [-0.25, -0.2) is 9.97 Å². The van der Waals surface area contributed by atoms with Crippen LogP contribution in [0.2, 0.25) is 0 Å². The lowest BCUT2D eigenvalue weighted by atomic mass is 9.95. The van der Waals surface area contributed by atoms with Crippen molar-refractivity contribution in [3.8, 4) is 18.2 Å². The van der Waals surface area contributed by atoms with Crippen molar-refractivity contribution < 1.29 is 0 Å². The summed E-state index contributed by atoms with van der Waals surface area (Å²) < 4.78 is 1.82. The molecule has 0 spiro atoms. The number of hydrogen-bond donors (Lipinski definition) is 1. The highest BCUT2D eigenvalue weighted by molar-refractivity contribution is 5.87. The summed E-state index contributed by atoms with van der Waals surface area (Å²) in [6.07, 6.45) is 5.31. The molecule has 2 N–H and O–H groups in total. The summed E-state index contributed by atoms with van der Waals surface area (Å²) >= 11 is 0. The zero-order valence-corrected chi connectivity index (χ0v) is 11.9. The summed E-state index contributed by atoms with van der Waals surface area (Å²) in [6.45, 7) is 0. The van der Waals surface area contributed by atoms with E-state index >= 15 is 0 Å². The Morgan fingerprint density at radius 1 is 0.955 bits per heavy atom. The molecule has 2 aromatic heterocycles. The van der Waals surface area contributed by atoms with Crippen LogP contribution in [0.5, 0.6) is 0 Å². The van der Waals surface area contributed by atoms with Gasteiger partial charge in [0.05, 0.1) is 0 Å². The molecule has 7 heteroatoms. The molecule has 1 fully saturated rings. The number of nitrogens with two attached hydrogens (primary N) is 1. The highest BCUT2D eigenvalue weighted by atomic mass is 15.1. The van der Waals surface area contributed by atoms with Crippen LogP contribution < -0.4 is 5.73 Å². The van der Waals surface area contributed by atoms with E-state index in [1.165, 1.54) is 6.42 Å². The van der Waals surface area contributed by atoms with Crippen molar-refractivity contribution in [1.82, 2.24) is 14.5 Å². The van der Waals surface area contributed by atoms with Gasteiger partial charge in [-0.05, 0) is 12.8 Å². The van der Waals surface area contributed by atoms with E-state index in [0.29, 0.717) is 17.0 Å². The molecule has 2 heterocycles. The highest BCUT2D eigenvalue weighted by Crippen LogP contribution is 2.36. The normalized spacial score (nSPS) is 15.1. The molecule has 1 saturated carbocycles. The maximum Gasteiger partial charge on any atom is 0.179 e. The Balaban J connectivity index is 2.33. The van der Waals surface area contributed by atoms with Gasteiger partial charge in [-0.1, -0.05) is 19.3 Å². The summed E-state index contributed by atoms with van der Waals surface area (Å²) in [5.74, 6) is 0.323. The average molecular weight is 291 g/mol. The quantitative estimate of drug-likeness (QED) is 0.856. The van der Waals surface area contributed by atoms with Gasteiger partial charge in [-0.15, -0.1) is 0 Å². The van der Waals surface area contributed by atoms with Gasteiger partial charge < -0.3 is 10.3 Å². The molecule has 1 aliphatic carbocycles. The van der Waals surface area contributed by atoms with Crippen LogP contribution in [0, 0.1) is 34.0 Å². The zero-order valence-electron chi connectivity index (χ0n) is 11.9. The predicted molar refractivity (Wildman–Crippen MR) is 78.2 cm³/mol. The summed E-state index contributed by atoms with van der Waals surface area (Å²) in [4.78, 5) is 8.40. The van der Waals surface area contributed by atoms with Crippen LogP contribution in [-0.2, 0) is 0 Å². The number of nitrogens with zero attached hydrogens (tertiary/aromatic N) is 6. The summed E-state index contributed by atoms with van der Waals surface area (Å²) in [7, 11) is 0. The molecule has 0 unspecified atom stereocenters. The molecular weight excluding hydrogens is 278 g/mol. The smallest absolute Gasteiger partial charge is 0.179 e. The largest absolute Gasteiger partial charge is 0.384 e. The minimum Gasteiger partial charge on any atom is -0.384 e. The van der Waals surface area contributed by atoms with E-state index in [2.05, 4.69) is 9.97 Å². The summed E-state index contributed by atoms with van der Waals surface area (Å²) in [5, 5.41) is 27.6. The number of anilines is 1. The van der Waals surface area contributed by atoms with Crippen LogP contribution in [-0.4, -0.2) is 14.5 Å². The molecule has 108 valence electrons. The van der Waals surface area contributed by atoms with E-state index in [0.717, 1.165) is 25.7 Å². The van der Waals surface area contributed by atoms with E-state index in [1.54, 1.807) is 0 Å². The van der Waals surface area contributed by atoms with Crippen LogP contribution in [0.25, 0.3) is 11.2 Å². The van der Waals surface area contributed by atoms with Crippen molar-refractivity contribution in [3.63, 3.8) is 0 Å².